The smallest absolute Gasteiger partial charge is 0.143 e. The van der Waals surface area contributed by atoms with E-state index in [4.69, 9.17) is 0 Å². The van der Waals surface area contributed by atoms with Crippen molar-refractivity contribution in [3.8, 4) is 0 Å². The van der Waals surface area contributed by atoms with Crippen molar-refractivity contribution in [1.82, 2.24) is 0 Å². The van der Waals surface area contributed by atoms with E-state index in [0.717, 1.165) is 6.42 Å². The quantitative estimate of drug-likeness (QED) is 0.706. The first-order chi connectivity index (χ1) is 7.34. The largest absolute Gasteiger partial charge is 0.299 e. The second-order valence-corrected chi connectivity index (χ2v) is 5.19. The van der Waals surface area contributed by atoms with Crippen LogP contribution in [-0.2, 0) is 4.79 Å². The minimum absolute atomic E-state index is 0.411. The summed E-state index contributed by atoms with van der Waals surface area (Å²) in [7, 11) is 0. The summed E-state index contributed by atoms with van der Waals surface area (Å²) in [6.07, 6.45) is 4.66. The fraction of sp³-hybridized carbons (Fsp3) is 0.462. The molecule has 0 bridgehead atoms. The Morgan fingerprint density at radius 2 is 2.00 bits per heavy atom. The highest BCUT2D eigenvalue weighted by Gasteiger charge is 2.20. The second-order valence-electron chi connectivity index (χ2n) is 4.14. The number of ketones is 1. The van der Waals surface area contributed by atoms with Crippen molar-refractivity contribution in [3.63, 3.8) is 0 Å². The van der Waals surface area contributed by atoms with Gasteiger partial charge in [-0.25, -0.2) is 0 Å². The highest BCUT2D eigenvalue weighted by molar-refractivity contribution is 8.00. The van der Waals surface area contributed by atoms with Crippen molar-refractivity contribution in [1.29, 1.82) is 0 Å². The van der Waals surface area contributed by atoms with Gasteiger partial charge in [0.15, 0.2) is 0 Å². The highest BCUT2D eigenvalue weighted by atomic mass is 32.2. The molecule has 0 N–H and O–H groups in total. The van der Waals surface area contributed by atoms with Crippen LogP contribution in [0.25, 0.3) is 0 Å². The normalized spacial score (nSPS) is 16.0. The van der Waals surface area contributed by atoms with Gasteiger partial charge in [0.05, 0.1) is 5.75 Å². The molecule has 1 saturated carbocycles. The van der Waals surface area contributed by atoms with E-state index in [2.05, 4.69) is 12.1 Å². The zero-order chi connectivity index (χ0) is 10.5. The van der Waals surface area contributed by atoms with Crippen molar-refractivity contribution in [3.05, 3.63) is 30.3 Å². The van der Waals surface area contributed by atoms with Crippen LogP contribution in [0, 0.1) is 5.92 Å². The monoisotopic (exact) mass is 220 g/mol. The Labute approximate surface area is 95.3 Å². The lowest BCUT2D eigenvalue weighted by Crippen LogP contribution is -2.16. The molecule has 0 atom stereocenters. The molecular weight excluding hydrogens is 204 g/mol. The average molecular weight is 220 g/mol. The van der Waals surface area contributed by atoms with Gasteiger partial charge in [0.1, 0.15) is 5.78 Å². The molecule has 0 saturated heterocycles. The number of thioether (sulfide) groups is 1. The van der Waals surface area contributed by atoms with Crippen molar-refractivity contribution in [2.45, 2.75) is 30.6 Å². The first-order valence-electron chi connectivity index (χ1n) is 5.54. The van der Waals surface area contributed by atoms with E-state index in [9.17, 15) is 4.79 Å². The molecule has 0 aromatic heterocycles. The maximum Gasteiger partial charge on any atom is 0.143 e. The molecule has 0 aliphatic heterocycles. The lowest BCUT2D eigenvalue weighted by molar-refractivity contribution is -0.118. The number of hydrogen-bond donors (Lipinski definition) is 0. The Bertz CT molecular complexity index is 317. The molecule has 80 valence electrons. The van der Waals surface area contributed by atoms with Crippen LogP contribution in [-0.4, -0.2) is 11.5 Å². The summed E-state index contributed by atoms with van der Waals surface area (Å²) in [6, 6.07) is 10.1. The van der Waals surface area contributed by atoms with Gasteiger partial charge in [-0.2, -0.15) is 0 Å². The van der Waals surface area contributed by atoms with Gasteiger partial charge in [-0.05, 0) is 18.1 Å². The minimum atomic E-state index is 0.411. The third-order valence-corrected chi connectivity index (χ3v) is 3.96. The highest BCUT2D eigenvalue weighted by Crippen LogP contribution is 2.30. The molecule has 0 radical (unpaired) electrons. The molecule has 1 fully saturated rings. The Balaban J connectivity index is 1.71. The number of Topliss-reactive ketones (excluding diaryl/α,β-unsaturated/α-hetero) is 1. The molecule has 0 amide bonds. The molecule has 1 aliphatic rings. The topological polar surface area (TPSA) is 17.1 Å². The van der Waals surface area contributed by atoms with E-state index in [0.29, 0.717) is 17.5 Å². The van der Waals surface area contributed by atoms with Gasteiger partial charge in [-0.3, -0.25) is 4.79 Å². The fourth-order valence-corrected chi connectivity index (χ4v) is 2.55. The lowest BCUT2D eigenvalue weighted by atomic mass is 9.82. The predicted molar refractivity (Wildman–Crippen MR) is 64.1 cm³/mol. The van der Waals surface area contributed by atoms with E-state index in [1.807, 2.05) is 18.2 Å². The van der Waals surface area contributed by atoms with Crippen molar-refractivity contribution in [2.75, 3.05) is 5.75 Å². The van der Waals surface area contributed by atoms with Gasteiger partial charge in [0, 0.05) is 11.3 Å². The summed E-state index contributed by atoms with van der Waals surface area (Å²) in [5.74, 6) is 1.75. The molecule has 0 spiro atoms. The molecule has 0 heterocycles. The van der Waals surface area contributed by atoms with Crippen LogP contribution in [0.5, 0.6) is 0 Å². The number of benzene rings is 1. The van der Waals surface area contributed by atoms with E-state index < -0.39 is 0 Å². The van der Waals surface area contributed by atoms with Crippen LogP contribution in [0.3, 0.4) is 0 Å². The van der Waals surface area contributed by atoms with E-state index in [1.54, 1.807) is 11.8 Å². The molecule has 1 nitrogen and oxygen atoms in total. The summed E-state index contributed by atoms with van der Waals surface area (Å²) in [5, 5.41) is 0. The Kier molecular flexibility index (Phi) is 3.84. The van der Waals surface area contributed by atoms with Gasteiger partial charge >= 0.3 is 0 Å². The molecule has 2 rings (SSSR count). The fourth-order valence-electron chi connectivity index (χ4n) is 1.76. The molecule has 1 aromatic rings. The first kappa shape index (κ1) is 10.7. The summed E-state index contributed by atoms with van der Waals surface area (Å²) >= 11 is 1.66. The average Bonchev–Trinajstić information content (AvgIpc) is 2.22. The molecule has 15 heavy (non-hydrogen) atoms. The Morgan fingerprint density at radius 1 is 1.27 bits per heavy atom. The summed E-state index contributed by atoms with van der Waals surface area (Å²) in [4.78, 5) is 12.8. The number of carbonyl (C=O) groups excluding carboxylic acids is 1. The van der Waals surface area contributed by atoms with Crippen LogP contribution in [0.4, 0.5) is 0 Å². The van der Waals surface area contributed by atoms with Gasteiger partial charge in [0.2, 0.25) is 0 Å². The SMILES string of the molecule is O=C(CSc1ccccc1)CC1CCC1. The summed E-state index contributed by atoms with van der Waals surface area (Å²) in [5.41, 5.74) is 0. The molecule has 1 aliphatic carbocycles. The van der Waals surface area contributed by atoms with Gasteiger partial charge in [-0.15, -0.1) is 11.8 Å². The van der Waals surface area contributed by atoms with E-state index in [1.165, 1.54) is 24.2 Å². The summed E-state index contributed by atoms with van der Waals surface area (Å²) < 4.78 is 0. The van der Waals surface area contributed by atoms with Crippen LogP contribution in [0.15, 0.2) is 35.2 Å². The maximum absolute atomic E-state index is 11.6. The van der Waals surface area contributed by atoms with Crippen molar-refractivity contribution in [2.24, 2.45) is 5.92 Å². The van der Waals surface area contributed by atoms with E-state index in [-0.39, 0.29) is 0 Å². The standard InChI is InChI=1S/C13H16OS/c14-12(9-11-5-4-6-11)10-15-13-7-2-1-3-8-13/h1-3,7-8,11H,4-6,9-10H2. The van der Waals surface area contributed by atoms with Crippen molar-refractivity contribution >= 4 is 17.5 Å². The van der Waals surface area contributed by atoms with Crippen LogP contribution < -0.4 is 0 Å². The third kappa shape index (κ3) is 3.38. The predicted octanol–water partition coefficient (Wildman–Crippen LogP) is 3.54. The molecule has 0 unspecified atom stereocenters. The lowest BCUT2D eigenvalue weighted by Gasteiger charge is -2.24. The van der Waals surface area contributed by atoms with Crippen LogP contribution >= 0.6 is 11.8 Å². The zero-order valence-electron chi connectivity index (χ0n) is 8.82. The van der Waals surface area contributed by atoms with Gasteiger partial charge in [0.25, 0.3) is 0 Å². The molecular formula is C13H16OS. The summed E-state index contributed by atoms with van der Waals surface area (Å²) in [6.45, 7) is 0. The second kappa shape index (κ2) is 5.36. The number of hydrogen-bond acceptors (Lipinski definition) is 2. The molecule has 1 aromatic carbocycles. The number of rotatable bonds is 5. The Morgan fingerprint density at radius 3 is 2.60 bits per heavy atom. The maximum atomic E-state index is 11.6. The third-order valence-electron chi connectivity index (χ3n) is 2.88. The van der Waals surface area contributed by atoms with Crippen LogP contribution in [0.1, 0.15) is 25.7 Å². The molecule has 2 heteroatoms. The zero-order valence-corrected chi connectivity index (χ0v) is 9.63. The minimum Gasteiger partial charge on any atom is -0.299 e. The van der Waals surface area contributed by atoms with Crippen LogP contribution in [0.2, 0.25) is 0 Å². The van der Waals surface area contributed by atoms with Gasteiger partial charge < -0.3 is 0 Å². The van der Waals surface area contributed by atoms with Gasteiger partial charge in [-0.1, -0.05) is 37.5 Å². The Hall–Kier alpha value is -0.760. The number of carbonyl (C=O) groups is 1. The van der Waals surface area contributed by atoms with Crippen molar-refractivity contribution < 1.29 is 4.79 Å². The first-order valence-corrected chi connectivity index (χ1v) is 6.53. The van der Waals surface area contributed by atoms with E-state index >= 15 is 0 Å².